The number of carboxylic acids is 1. The van der Waals surface area contributed by atoms with Crippen LogP contribution in [-0.4, -0.2) is 21.6 Å². The Kier molecular flexibility index (Phi) is 5.57. The van der Waals surface area contributed by atoms with Crippen LogP contribution in [0.3, 0.4) is 0 Å². The monoisotopic (exact) mass is 471 g/mol. The molecule has 0 aliphatic carbocycles. The van der Waals surface area contributed by atoms with E-state index >= 15 is 0 Å². The first-order valence-electron chi connectivity index (χ1n) is 7.96. The number of anilines is 1. The van der Waals surface area contributed by atoms with Gasteiger partial charge >= 0.3 is 5.97 Å². The fourth-order valence-electron chi connectivity index (χ4n) is 2.70. The highest BCUT2D eigenvalue weighted by molar-refractivity contribution is 14.1. The number of hydrogen-bond donors (Lipinski definition) is 2. The Hall–Kier alpha value is -3.12. The number of nitrogens with zero attached hydrogens (tertiary/aromatic N) is 2. The van der Waals surface area contributed by atoms with Gasteiger partial charge in [-0.25, -0.2) is 0 Å². The molecule has 27 heavy (non-hydrogen) atoms. The molecule has 1 amide bonds. The summed E-state index contributed by atoms with van der Waals surface area (Å²) in [5, 5.41) is 22.0. The SMILES string of the molecule is N#C/C(=C\c1cn(CC(=O)O)c2ccccc12)C(=O)Nc1ccc(I)cc1. The van der Waals surface area contributed by atoms with Crippen LogP contribution in [0.15, 0.2) is 60.3 Å². The number of carbonyl (C=O) groups excluding carboxylic acids is 1. The van der Waals surface area contributed by atoms with Gasteiger partial charge in [-0.2, -0.15) is 5.26 Å². The van der Waals surface area contributed by atoms with Gasteiger partial charge in [-0.15, -0.1) is 0 Å². The Morgan fingerprint density at radius 2 is 1.89 bits per heavy atom. The minimum Gasteiger partial charge on any atom is -0.480 e. The summed E-state index contributed by atoms with van der Waals surface area (Å²) in [6, 6.07) is 16.4. The van der Waals surface area contributed by atoms with Crippen molar-refractivity contribution < 1.29 is 14.7 Å². The zero-order chi connectivity index (χ0) is 19.4. The Bertz CT molecular complexity index is 1090. The largest absolute Gasteiger partial charge is 0.480 e. The molecule has 2 N–H and O–H groups in total. The third kappa shape index (κ3) is 4.35. The molecule has 0 aliphatic rings. The van der Waals surface area contributed by atoms with Crippen molar-refractivity contribution in [3.63, 3.8) is 0 Å². The molecule has 3 rings (SSSR count). The lowest BCUT2D eigenvalue weighted by Crippen LogP contribution is -2.13. The van der Waals surface area contributed by atoms with Gasteiger partial charge in [0.2, 0.25) is 0 Å². The van der Waals surface area contributed by atoms with Crippen LogP contribution in [0.4, 0.5) is 5.69 Å². The first-order valence-corrected chi connectivity index (χ1v) is 9.04. The van der Waals surface area contributed by atoms with Gasteiger partial charge in [0.15, 0.2) is 0 Å². The van der Waals surface area contributed by atoms with Crippen LogP contribution in [0.1, 0.15) is 5.56 Å². The van der Waals surface area contributed by atoms with Crippen LogP contribution in [0, 0.1) is 14.9 Å². The van der Waals surface area contributed by atoms with Gasteiger partial charge in [-0.1, -0.05) is 18.2 Å². The third-order valence-corrected chi connectivity index (χ3v) is 4.61. The van der Waals surface area contributed by atoms with Gasteiger partial charge in [0.1, 0.15) is 18.2 Å². The van der Waals surface area contributed by atoms with Gasteiger partial charge < -0.3 is 15.0 Å². The highest BCUT2D eigenvalue weighted by Crippen LogP contribution is 2.24. The molecular formula is C20H14IN3O3. The molecule has 0 radical (unpaired) electrons. The first-order chi connectivity index (χ1) is 13.0. The average Bonchev–Trinajstić information content (AvgIpc) is 2.98. The van der Waals surface area contributed by atoms with Gasteiger partial charge in [-0.3, -0.25) is 9.59 Å². The van der Waals surface area contributed by atoms with E-state index in [0.29, 0.717) is 11.3 Å². The zero-order valence-electron chi connectivity index (χ0n) is 14.0. The normalized spacial score (nSPS) is 11.2. The van der Waals surface area contributed by atoms with Crippen molar-refractivity contribution >= 4 is 57.1 Å². The molecule has 0 bridgehead atoms. The van der Waals surface area contributed by atoms with Crippen molar-refractivity contribution in [2.24, 2.45) is 0 Å². The molecule has 3 aromatic rings. The second-order valence-corrected chi connectivity index (χ2v) is 7.00. The lowest BCUT2D eigenvalue weighted by molar-refractivity contribution is -0.137. The summed E-state index contributed by atoms with van der Waals surface area (Å²) in [4.78, 5) is 23.5. The Morgan fingerprint density at radius 1 is 1.19 bits per heavy atom. The number of benzene rings is 2. The summed E-state index contributed by atoms with van der Waals surface area (Å²) in [7, 11) is 0. The molecule has 1 heterocycles. The van der Waals surface area contributed by atoms with Crippen molar-refractivity contribution in [1.29, 1.82) is 5.26 Å². The number of aromatic nitrogens is 1. The predicted octanol–water partition coefficient (Wildman–Crippen LogP) is 3.88. The van der Waals surface area contributed by atoms with Crippen molar-refractivity contribution in [3.05, 3.63) is 69.4 Å². The van der Waals surface area contributed by atoms with Crippen LogP contribution in [-0.2, 0) is 16.1 Å². The number of fused-ring (bicyclic) bond motifs is 1. The van der Waals surface area contributed by atoms with Crippen molar-refractivity contribution in [2.45, 2.75) is 6.54 Å². The van der Waals surface area contributed by atoms with E-state index in [1.807, 2.05) is 36.4 Å². The molecular weight excluding hydrogens is 457 g/mol. The summed E-state index contributed by atoms with van der Waals surface area (Å²) < 4.78 is 2.61. The number of para-hydroxylation sites is 1. The van der Waals surface area contributed by atoms with Gasteiger partial charge in [0.25, 0.3) is 5.91 Å². The molecule has 0 spiro atoms. The van der Waals surface area contributed by atoms with E-state index in [1.54, 1.807) is 29.0 Å². The molecule has 0 saturated carbocycles. The van der Waals surface area contributed by atoms with Crippen LogP contribution in [0.25, 0.3) is 17.0 Å². The number of nitriles is 1. The van der Waals surface area contributed by atoms with E-state index in [-0.39, 0.29) is 12.1 Å². The molecule has 1 aromatic heterocycles. The van der Waals surface area contributed by atoms with E-state index in [9.17, 15) is 14.9 Å². The number of carboxylic acid groups (broad SMARTS) is 1. The maximum atomic E-state index is 12.4. The number of rotatable bonds is 5. The molecule has 7 heteroatoms. The number of nitrogens with one attached hydrogen (secondary N) is 1. The highest BCUT2D eigenvalue weighted by atomic mass is 127. The van der Waals surface area contributed by atoms with Crippen molar-refractivity contribution in [2.75, 3.05) is 5.32 Å². The molecule has 0 atom stereocenters. The maximum absolute atomic E-state index is 12.4. The minimum atomic E-state index is -0.969. The Labute approximate surface area is 168 Å². The van der Waals surface area contributed by atoms with Crippen LogP contribution < -0.4 is 5.32 Å². The number of aliphatic carboxylic acids is 1. The van der Waals surface area contributed by atoms with Crippen LogP contribution in [0.2, 0.25) is 0 Å². The second-order valence-electron chi connectivity index (χ2n) is 5.75. The minimum absolute atomic E-state index is 0.0632. The number of halogens is 1. The maximum Gasteiger partial charge on any atom is 0.323 e. The van der Waals surface area contributed by atoms with Gasteiger partial charge in [-0.05, 0) is 59.0 Å². The summed E-state index contributed by atoms with van der Waals surface area (Å²) in [6.45, 7) is -0.203. The second kappa shape index (κ2) is 8.05. The van der Waals surface area contributed by atoms with E-state index in [4.69, 9.17) is 5.11 Å². The number of amides is 1. The third-order valence-electron chi connectivity index (χ3n) is 3.89. The van der Waals surface area contributed by atoms with Crippen LogP contribution in [0.5, 0.6) is 0 Å². The summed E-state index contributed by atoms with van der Waals surface area (Å²) in [6.07, 6.45) is 3.11. The smallest absolute Gasteiger partial charge is 0.323 e. The molecule has 0 saturated heterocycles. The molecule has 2 aromatic carbocycles. The van der Waals surface area contributed by atoms with Gasteiger partial charge in [0, 0.05) is 31.9 Å². The van der Waals surface area contributed by atoms with Crippen molar-refractivity contribution in [3.8, 4) is 6.07 Å². The van der Waals surface area contributed by atoms with E-state index < -0.39 is 11.9 Å². The molecule has 134 valence electrons. The standard InChI is InChI=1S/C20H14IN3O3/c21-15-5-7-16(8-6-15)23-20(27)13(10-22)9-14-11-24(12-19(25)26)18-4-2-1-3-17(14)18/h1-9,11H,12H2,(H,23,27)(H,25,26)/b13-9+. The van der Waals surface area contributed by atoms with E-state index in [0.717, 1.165) is 14.5 Å². The number of carbonyl (C=O) groups is 2. The molecule has 6 nitrogen and oxygen atoms in total. The molecule has 0 fully saturated rings. The Balaban J connectivity index is 1.95. The summed E-state index contributed by atoms with van der Waals surface area (Å²) in [5.74, 6) is -1.49. The number of hydrogen-bond acceptors (Lipinski definition) is 3. The predicted molar refractivity (Wildman–Crippen MR) is 111 cm³/mol. The lowest BCUT2D eigenvalue weighted by Gasteiger charge is -2.04. The quantitative estimate of drug-likeness (QED) is 0.336. The van der Waals surface area contributed by atoms with Crippen LogP contribution >= 0.6 is 22.6 Å². The van der Waals surface area contributed by atoms with Gasteiger partial charge in [0.05, 0.1) is 0 Å². The topological polar surface area (TPSA) is 95.1 Å². The summed E-state index contributed by atoms with van der Waals surface area (Å²) in [5.41, 5.74) is 1.87. The zero-order valence-corrected chi connectivity index (χ0v) is 16.2. The molecule has 0 aliphatic heterocycles. The fourth-order valence-corrected chi connectivity index (χ4v) is 3.06. The van der Waals surface area contributed by atoms with Crippen molar-refractivity contribution in [1.82, 2.24) is 4.57 Å². The van der Waals surface area contributed by atoms with E-state index in [2.05, 4.69) is 27.9 Å². The fraction of sp³-hybridized carbons (Fsp3) is 0.0500. The lowest BCUT2D eigenvalue weighted by atomic mass is 10.1. The molecule has 0 unspecified atom stereocenters. The summed E-state index contributed by atoms with van der Waals surface area (Å²) >= 11 is 2.16. The highest BCUT2D eigenvalue weighted by Gasteiger charge is 2.13. The first kappa shape index (κ1) is 18.7. The van der Waals surface area contributed by atoms with E-state index in [1.165, 1.54) is 6.08 Å². The Morgan fingerprint density at radius 3 is 2.56 bits per heavy atom. The average molecular weight is 471 g/mol.